The van der Waals surface area contributed by atoms with Gasteiger partial charge in [0.1, 0.15) is 23.9 Å². The van der Waals surface area contributed by atoms with E-state index in [1.807, 2.05) is 80.9 Å². The number of carbonyl (C=O) groups excluding carboxylic acids is 4. The van der Waals surface area contributed by atoms with E-state index < -0.39 is 83.9 Å². The van der Waals surface area contributed by atoms with Gasteiger partial charge in [-0.2, -0.15) is 0 Å². The highest BCUT2D eigenvalue weighted by Crippen LogP contribution is 2.39. The molecule has 3 aliphatic rings. The molecule has 0 bridgehead atoms. The number of fused-ring (bicyclic) bond motifs is 1. The van der Waals surface area contributed by atoms with Crippen molar-refractivity contribution >= 4 is 23.6 Å². The number of methoxy groups -OCH3 is 1. The number of rotatable bonds is 11. The molecule has 3 fully saturated rings. The zero-order chi connectivity index (χ0) is 41.8. The number of carbonyl (C=O) groups is 4. The highest BCUT2D eigenvalue weighted by molar-refractivity contribution is 6.00. The highest BCUT2D eigenvalue weighted by Gasteiger charge is 2.54. The van der Waals surface area contributed by atoms with E-state index in [0.29, 0.717) is 32.4 Å². The number of unbranched alkanes of at least 4 members (excludes halogenated alkanes) is 1. The maximum atomic E-state index is 14.6. The Morgan fingerprint density at radius 2 is 1.65 bits per heavy atom. The Kier molecular flexibility index (Phi) is 14.7. The number of aromatic nitrogens is 2. The Hall–Kier alpha value is -3.69. The Balaban J connectivity index is 1.40. The number of esters is 1. The van der Waals surface area contributed by atoms with Crippen molar-refractivity contribution in [1.29, 1.82) is 0 Å². The van der Waals surface area contributed by atoms with Gasteiger partial charge in [-0.25, -0.2) is 9.78 Å². The number of amides is 1. The van der Waals surface area contributed by atoms with Gasteiger partial charge in [0.15, 0.2) is 18.2 Å². The molecular formula is C43H64N4O10. The fourth-order valence-corrected chi connectivity index (χ4v) is 8.99. The highest BCUT2D eigenvalue weighted by atomic mass is 16.7. The maximum absolute atomic E-state index is 14.6. The van der Waals surface area contributed by atoms with Crippen LogP contribution in [-0.2, 0) is 44.6 Å². The molecule has 14 heteroatoms. The van der Waals surface area contributed by atoms with Crippen molar-refractivity contribution in [3.8, 4) is 11.3 Å². The number of cyclic esters (lactones) is 1. The number of imidazole rings is 1. The minimum atomic E-state index is -1.25. The number of ketones is 2. The van der Waals surface area contributed by atoms with Crippen molar-refractivity contribution in [3.05, 3.63) is 42.9 Å². The second-order valence-electron chi connectivity index (χ2n) is 16.8. The summed E-state index contributed by atoms with van der Waals surface area (Å²) in [5.41, 5.74) is 0.653. The standard InChI is InChI=1S/C43H64N4O10/c1-11-33-38-34(47(42(52)56-38)20-16-15-19-46-23-31(44-24-46)30-17-13-12-14-18-30)27(4)35(48)25(2)22-43(7,53-10)39(28(5)36(49)29(6)40(51)55-33)57-41-37(50)32(45(8)9)21-26(3)54-41/h12-14,17-18,23-29,32-34,37-39,41,50H,11,15-16,19-22H2,1-10H3/t25-,26-,27-,28+,29-,32+,33-,34-,37-,38-,39-,41+,43-/m1/s1. The summed E-state index contributed by atoms with van der Waals surface area (Å²) in [5.74, 6) is -4.83. The average molecular weight is 797 g/mol. The van der Waals surface area contributed by atoms with Crippen molar-refractivity contribution in [1.82, 2.24) is 19.4 Å². The summed E-state index contributed by atoms with van der Waals surface area (Å²) in [5, 5.41) is 11.4. The van der Waals surface area contributed by atoms with E-state index in [0.717, 1.165) is 17.7 Å². The van der Waals surface area contributed by atoms with Gasteiger partial charge in [-0.05, 0) is 67.0 Å². The molecule has 3 aliphatic heterocycles. The fraction of sp³-hybridized carbons (Fsp3) is 0.698. The van der Waals surface area contributed by atoms with Crippen LogP contribution in [0.15, 0.2) is 42.9 Å². The van der Waals surface area contributed by atoms with Gasteiger partial charge >= 0.3 is 12.1 Å². The first-order chi connectivity index (χ1) is 27.0. The number of hydrogen-bond acceptors (Lipinski definition) is 12. The van der Waals surface area contributed by atoms with Crippen molar-refractivity contribution in [2.24, 2.45) is 23.7 Å². The van der Waals surface area contributed by atoms with Crippen LogP contribution in [-0.4, -0.2) is 130 Å². The molecule has 3 saturated heterocycles. The van der Waals surface area contributed by atoms with Gasteiger partial charge < -0.3 is 43.2 Å². The number of Topliss-reactive ketones (excluding diaryl/α,β-unsaturated/α-hetero) is 2. The first-order valence-corrected chi connectivity index (χ1v) is 20.5. The van der Waals surface area contributed by atoms with Crippen LogP contribution in [0.4, 0.5) is 4.79 Å². The molecule has 1 aromatic carbocycles. The molecule has 0 radical (unpaired) electrons. The van der Waals surface area contributed by atoms with Gasteiger partial charge in [-0.1, -0.05) is 58.0 Å². The molecular weight excluding hydrogens is 732 g/mol. The quantitative estimate of drug-likeness (QED) is 0.182. The number of ether oxygens (including phenoxy) is 5. The molecule has 1 amide bonds. The monoisotopic (exact) mass is 796 g/mol. The van der Waals surface area contributed by atoms with Crippen LogP contribution in [0.1, 0.15) is 80.6 Å². The Morgan fingerprint density at radius 1 is 0.965 bits per heavy atom. The zero-order valence-electron chi connectivity index (χ0n) is 35.3. The molecule has 1 aromatic heterocycles. The number of aliphatic hydroxyl groups excluding tert-OH is 1. The third-order valence-corrected chi connectivity index (χ3v) is 12.4. The summed E-state index contributed by atoms with van der Waals surface area (Å²) in [4.78, 5) is 64.3. The number of nitrogens with zero attached hydrogens (tertiary/aromatic N) is 4. The molecule has 2 aromatic rings. The Bertz CT molecular complexity index is 1690. The average Bonchev–Trinajstić information content (AvgIpc) is 3.80. The largest absolute Gasteiger partial charge is 0.458 e. The lowest BCUT2D eigenvalue weighted by Gasteiger charge is -2.47. The summed E-state index contributed by atoms with van der Waals surface area (Å²) in [6.07, 6.45) is 0.310. The minimum Gasteiger partial charge on any atom is -0.458 e. The minimum absolute atomic E-state index is 0.136. The van der Waals surface area contributed by atoms with Gasteiger partial charge in [0.2, 0.25) is 0 Å². The SMILES string of the molecule is CC[C@H]1OC(=O)[C@H](C)C(=O)[C@H](C)[C@@H](O[C@@H]2O[C@H](C)C[C@H](N(C)C)[C@H]2O)[C@](C)(OC)C[C@@H](C)C(=O)[C@H](C)[C@@H]2[C@@H]1OC(=O)N2CCCCn1cnc(-c2ccccc2)c1. The van der Waals surface area contributed by atoms with Crippen LogP contribution in [0.2, 0.25) is 0 Å². The number of aryl methyl sites for hydroxylation is 1. The Morgan fingerprint density at radius 3 is 2.30 bits per heavy atom. The first-order valence-electron chi connectivity index (χ1n) is 20.5. The molecule has 13 atom stereocenters. The number of hydrogen-bond donors (Lipinski definition) is 1. The topological polar surface area (TPSA) is 159 Å². The van der Waals surface area contributed by atoms with Crippen molar-refractivity contribution in [3.63, 3.8) is 0 Å². The predicted octanol–water partition coefficient (Wildman–Crippen LogP) is 5.14. The van der Waals surface area contributed by atoms with Crippen LogP contribution in [0.3, 0.4) is 0 Å². The summed E-state index contributed by atoms with van der Waals surface area (Å²) in [6, 6.07) is 8.93. The van der Waals surface area contributed by atoms with Crippen molar-refractivity contribution < 1.29 is 48.0 Å². The second kappa shape index (κ2) is 18.9. The zero-order valence-corrected chi connectivity index (χ0v) is 35.3. The molecule has 57 heavy (non-hydrogen) atoms. The molecule has 5 rings (SSSR count). The summed E-state index contributed by atoms with van der Waals surface area (Å²) < 4.78 is 32.9. The van der Waals surface area contributed by atoms with Gasteiger partial charge in [0.05, 0.1) is 35.9 Å². The van der Waals surface area contributed by atoms with Gasteiger partial charge in [-0.3, -0.25) is 14.4 Å². The summed E-state index contributed by atoms with van der Waals surface area (Å²) >= 11 is 0. The molecule has 1 N–H and O–H groups in total. The Labute approximate surface area is 337 Å². The van der Waals surface area contributed by atoms with Crippen LogP contribution in [0, 0.1) is 23.7 Å². The predicted molar refractivity (Wildman–Crippen MR) is 212 cm³/mol. The fourth-order valence-electron chi connectivity index (χ4n) is 8.99. The summed E-state index contributed by atoms with van der Waals surface area (Å²) in [7, 11) is 5.25. The van der Waals surface area contributed by atoms with Crippen LogP contribution >= 0.6 is 0 Å². The maximum Gasteiger partial charge on any atom is 0.410 e. The molecule has 0 aliphatic carbocycles. The van der Waals surface area contributed by atoms with Gasteiger partial charge in [0, 0.05) is 55.8 Å². The lowest BCUT2D eigenvalue weighted by atomic mass is 9.75. The number of benzene rings is 1. The van der Waals surface area contributed by atoms with E-state index in [2.05, 4.69) is 4.98 Å². The molecule has 0 spiro atoms. The van der Waals surface area contributed by atoms with E-state index in [-0.39, 0.29) is 24.3 Å². The lowest BCUT2D eigenvalue weighted by Crippen LogP contribution is -2.59. The molecule has 316 valence electrons. The second-order valence-corrected chi connectivity index (χ2v) is 16.8. The number of likely N-dealkylation sites (N-methyl/N-ethyl adjacent to an activating group) is 1. The van der Waals surface area contributed by atoms with Crippen molar-refractivity contribution in [2.45, 2.75) is 142 Å². The third kappa shape index (κ3) is 9.79. The van der Waals surface area contributed by atoms with Crippen molar-refractivity contribution in [2.75, 3.05) is 27.7 Å². The molecule has 4 heterocycles. The van der Waals surface area contributed by atoms with E-state index >= 15 is 0 Å². The third-order valence-electron chi connectivity index (χ3n) is 12.4. The molecule has 0 unspecified atom stereocenters. The van der Waals surface area contributed by atoms with E-state index in [9.17, 15) is 24.3 Å². The van der Waals surface area contributed by atoms with Crippen LogP contribution in [0.25, 0.3) is 11.3 Å². The van der Waals surface area contributed by atoms with Crippen LogP contribution in [0.5, 0.6) is 0 Å². The van der Waals surface area contributed by atoms with Gasteiger partial charge in [0.25, 0.3) is 0 Å². The first kappa shape index (κ1) is 44.4. The molecule has 0 saturated carbocycles. The molecule has 14 nitrogen and oxygen atoms in total. The summed E-state index contributed by atoms with van der Waals surface area (Å²) in [6.45, 7) is 13.3. The van der Waals surface area contributed by atoms with E-state index in [4.69, 9.17) is 23.7 Å². The van der Waals surface area contributed by atoms with Gasteiger partial charge in [-0.15, -0.1) is 0 Å². The van der Waals surface area contributed by atoms with E-state index in [1.54, 1.807) is 32.0 Å². The smallest absolute Gasteiger partial charge is 0.410 e. The number of aliphatic hydroxyl groups is 1. The van der Waals surface area contributed by atoms with E-state index in [1.165, 1.54) is 14.0 Å². The lowest BCUT2D eigenvalue weighted by molar-refractivity contribution is -0.295. The normalized spacial score (nSPS) is 35.8. The van der Waals surface area contributed by atoms with Crippen LogP contribution < -0.4 is 0 Å².